The maximum atomic E-state index is 11.3. The Morgan fingerprint density at radius 3 is 3.06 bits per heavy atom. The van der Waals surface area contributed by atoms with E-state index in [2.05, 4.69) is 15.3 Å². The molecule has 0 unspecified atom stereocenters. The highest BCUT2D eigenvalue weighted by molar-refractivity contribution is 5.83. The first kappa shape index (κ1) is 10.5. The molecule has 0 atom stereocenters. The monoisotopic (exact) mass is 223 g/mol. The number of ether oxygens (including phenoxy) is 1. The first-order valence-electron chi connectivity index (χ1n) is 4.88. The zero-order valence-electron chi connectivity index (χ0n) is 8.93. The van der Waals surface area contributed by atoms with Crippen molar-refractivity contribution in [3.8, 4) is 5.75 Å². The number of hydrogen-bond donors (Lipinski definition) is 2. The molecule has 7 nitrogen and oxygen atoms in total. The third-order valence-corrected chi connectivity index (χ3v) is 2.35. The third kappa shape index (κ3) is 1.83. The van der Waals surface area contributed by atoms with Crippen molar-refractivity contribution >= 4 is 17.5 Å². The van der Waals surface area contributed by atoms with Gasteiger partial charge < -0.3 is 20.7 Å². The summed E-state index contributed by atoms with van der Waals surface area (Å²) in [6.07, 6.45) is 1.36. The van der Waals surface area contributed by atoms with Crippen LogP contribution in [0.25, 0.3) is 0 Å². The summed E-state index contributed by atoms with van der Waals surface area (Å²) in [4.78, 5) is 21.0. The van der Waals surface area contributed by atoms with Crippen molar-refractivity contribution in [2.24, 2.45) is 0 Å². The van der Waals surface area contributed by atoms with E-state index in [1.807, 2.05) is 4.90 Å². The summed E-state index contributed by atoms with van der Waals surface area (Å²) in [6.45, 7) is 1.53. The van der Waals surface area contributed by atoms with E-state index in [0.29, 0.717) is 24.7 Å². The van der Waals surface area contributed by atoms with Crippen LogP contribution in [0.5, 0.6) is 5.75 Å². The Labute approximate surface area is 92.6 Å². The van der Waals surface area contributed by atoms with Crippen LogP contribution in [0.3, 0.4) is 0 Å². The molecule has 16 heavy (non-hydrogen) atoms. The number of nitrogens with zero attached hydrogens (tertiary/aromatic N) is 3. The Hall–Kier alpha value is -2.05. The van der Waals surface area contributed by atoms with Crippen molar-refractivity contribution in [3.05, 3.63) is 6.33 Å². The number of hydrogen-bond acceptors (Lipinski definition) is 6. The number of nitrogens with one attached hydrogen (secondary N) is 1. The van der Waals surface area contributed by atoms with Gasteiger partial charge in [-0.05, 0) is 0 Å². The SMILES string of the molecule is COc1c(N)ncnc1N1CCNC(=O)C1. The lowest BCUT2D eigenvalue weighted by Crippen LogP contribution is -2.48. The van der Waals surface area contributed by atoms with Gasteiger partial charge in [-0.2, -0.15) is 0 Å². The van der Waals surface area contributed by atoms with Crippen LogP contribution >= 0.6 is 0 Å². The maximum absolute atomic E-state index is 11.3. The van der Waals surface area contributed by atoms with Gasteiger partial charge in [0, 0.05) is 13.1 Å². The van der Waals surface area contributed by atoms with E-state index in [1.165, 1.54) is 13.4 Å². The summed E-state index contributed by atoms with van der Waals surface area (Å²) in [6, 6.07) is 0. The molecule has 1 aromatic heterocycles. The van der Waals surface area contributed by atoms with Gasteiger partial charge in [-0.1, -0.05) is 0 Å². The Morgan fingerprint density at radius 1 is 1.56 bits per heavy atom. The fourth-order valence-corrected chi connectivity index (χ4v) is 1.62. The maximum Gasteiger partial charge on any atom is 0.239 e. The van der Waals surface area contributed by atoms with Gasteiger partial charge in [0.25, 0.3) is 0 Å². The number of nitrogen functional groups attached to an aromatic ring is 1. The van der Waals surface area contributed by atoms with E-state index >= 15 is 0 Å². The third-order valence-electron chi connectivity index (χ3n) is 2.35. The van der Waals surface area contributed by atoms with E-state index in [4.69, 9.17) is 10.5 Å². The number of rotatable bonds is 2. The molecular formula is C9H13N5O2. The molecule has 0 spiro atoms. The number of anilines is 2. The zero-order chi connectivity index (χ0) is 11.5. The lowest BCUT2D eigenvalue weighted by atomic mass is 10.3. The van der Waals surface area contributed by atoms with Crippen molar-refractivity contribution in [1.29, 1.82) is 0 Å². The molecular weight excluding hydrogens is 210 g/mol. The summed E-state index contributed by atoms with van der Waals surface area (Å²) in [5.74, 6) is 1.21. The van der Waals surface area contributed by atoms with Crippen LogP contribution in [0.15, 0.2) is 6.33 Å². The molecule has 1 aliphatic heterocycles. The molecule has 0 bridgehead atoms. The lowest BCUT2D eigenvalue weighted by molar-refractivity contribution is -0.120. The number of amides is 1. The van der Waals surface area contributed by atoms with Gasteiger partial charge in [0.2, 0.25) is 11.7 Å². The fourth-order valence-electron chi connectivity index (χ4n) is 1.62. The molecule has 3 N–H and O–H groups in total. The van der Waals surface area contributed by atoms with Crippen LogP contribution in [-0.4, -0.2) is 42.6 Å². The molecule has 1 aromatic rings. The minimum Gasteiger partial charge on any atom is -0.490 e. The molecule has 2 heterocycles. The molecule has 7 heteroatoms. The standard InChI is InChI=1S/C9H13N5O2/c1-16-7-8(10)12-5-13-9(7)14-3-2-11-6(15)4-14/h5H,2-4H2,1H3,(H,11,15)(H2,10,12,13). The topological polar surface area (TPSA) is 93.4 Å². The summed E-state index contributed by atoms with van der Waals surface area (Å²) in [5, 5.41) is 2.74. The number of carbonyl (C=O) groups is 1. The summed E-state index contributed by atoms with van der Waals surface area (Å²) in [5.41, 5.74) is 5.67. The summed E-state index contributed by atoms with van der Waals surface area (Å²) < 4.78 is 5.14. The van der Waals surface area contributed by atoms with Gasteiger partial charge in [0.1, 0.15) is 6.33 Å². The minimum atomic E-state index is -0.0366. The first-order chi connectivity index (χ1) is 7.72. The number of piperazine rings is 1. The van der Waals surface area contributed by atoms with Gasteiger partial charge in [-0.3, -0.25) is 4.79 Å². The average Bonchev–Trinajstić information content (AvgIpc) is 2.28. The van der Waals surface area contributed by atoms with Crippen molar-refractivity contribution in [1.82, 2.24) is 15.3 Å². The van der Waals surface area contributed by atoms with E-state index in [9.17, 15) is 4.79 Å². The molecule has 1 amide bonds. The molecule has 1 aliphatic rings. The second-order valence-electron chi connectivity index (χ2n) is 3.39. The van der Waals surface area contributed by atoms with Crippen LogP contribution in [0.4, 0.5) is 11.6 Å². The molecule has 0 radical (unpaired) electrons. The summed E-state index contributed by atoms with van der Waals surface area (Å²) in [7, 11) is 1.50. The van der Waals surface area contributed by atoms with Crippen LogP contribution in [-0.2, 0) is 4.79 Å². The number of aromatic nitrogens is 2. The largest absolute Gasteiger partial charge is 0.490 e. The van der Waals surface area contributed by atoms with Crippen LogP contribution in [0.2, 0.25) is 0 Å². The number of methoxy groups -OCH3 is 1. The predicted molar refractivity (Wildman–Crippen MR) is 58.2 cm³/mol. The quantitative estimate of drug-likeness (QED) is 0.668. The van der Waals surface area contributed by atoms with Gasteiger partial charge in [-0.15, -0.1) is 0 Å². The van der Waals surface area contributed by atoms with Crippen molar-refractivity contribution in [3.63, 3.8) is 0 Å². The van der Waals surface area contributed by atoms with Crippen LogP contribution in [0.1, 0.15) is 0 Å². The van der Waals surface area contributed by atoms with Gasteiger partial charge in [0.05, 0.1) is 13.7 Å². The molecule has 2 rings (SSSR count). The van der Waals surface area contributed by atoms with Gasteiger partial charge >= 0.3 is 0 Å². The van der Waals surface area contributed by atoms with Crippen LogP contribution in [0, 0.1) is 0 Å². The Balaban J connectivity index is 2.31. The van der Waals surface area contributed by atoms with Crippen molar-refractivity contribution < 1.29 is 9.53 Å². The molecule has 0 saturated carbocycles. The highest BCUT2D eigenvalue weighted by atomic mass is 16.5. The summed E-state index contributed by atoms with van der Waals surface area (Å²) >= 11 is 0. The fraction of sp³-hybridized carbons (Fsp3) is 0.444. The highest BCUT2D eigenvalue weighted by Crippen LogP contribution is 2.29. The van der Waals surface area contributed by atoms with Crippen molar-refractivity contribution in [2.75, 3.05) is 37.4 Å². The zero-order valence-corrected chi connectivity index (χ0v) is 8.93. The smallest absolute Gasteiger partial charge is 0.239 e. The minimum absolute atomic E-state index is 0.0366. The van der Waals surface area contributed by atoms with E-state index < -0.39 is 0 Å². The van der Waals surface area contributed by atoms with E-state index in [1.54, 1.807) is 0 Å². The van der Waals surface area contributed by atoms with E-state index in [0.717, 1.165) is 0 Å². The lowest BCUT2D eigenvalue weighted by Gasteiger charge is -2.28. The predicted octanol–water partition coefficient (Wildman–Crippen LogP) is -0.996. The molecule has 1 saturated heterocycles. The van der Waals surface area contributed by atoms with Crippen molar-refractivity contribution in [2.45, 2.75) is 0 Å². The van der Waals surface area contributed by atoms with Crippen LogP contribution < -0.4 is 20.7 Å². The first-order valence-corrected chi connectivity index (χ1v) is 4.88. The highest BCUT2D eigenvalue weighted by Gasteiger charge is 2.22. The van der Waals surface area contributed by atoms with Gasteiger partial charge in [0.15, 0.2) is 11.6 Å². The Kier molecular flexibility index (Phi) is 2.76. The second kappa shape index (κ2) is 4.21. The number of nitrogens with two attached hydrogens (primary N) is 1. The number of carbonyl (C=O) groups excluding carboxylic acids is 1. The van der Waals surface area contributed by atoms with Gasteiger partial charge in [-0.25, -0.2) is 9.97 Å². The Morgan fingerprint density at radius 2 is 2.38 bits per heavy atom. The van der Waals surface area contributed by atoms with E-state index in [-0.39, 0.29) is 18.3 Å². The molecule has 86 valence electrons. The molecule has 0 aromatic carbocycles. The Bertz CT molecular complexity index is 409. The molecule has 0 aliphatic carbocycles. The normalized spacial score (nSPS) is 15.8. The molecule has 1 fully saturated rings. The second-order valence-corrected chi connectivity index (χ2v) is 3.39. The average molecular weight is 223 g/mol.